The van der Waals surface area contributed by atoms with Crippen LogP contribution in [0, 0.1) is 0 Å². The summed E-state index contributed by atoms with van der Waals surface area (Å²) < 4.78 is 0. The number of aliphatic hydroxyl groups excluding tert-OH is 1. The molecule has 8 nitrogen and oxygen atoms in total. The molecule has 2 heterocycles. The number of benzene rings is 1. The van der Waals surface area contributed by atoms with Gasteiger partial charge in [-0.15, -0.1) is 13.2 Å². The maximum atomic E-state index is 13.2. The van der Waals surface area contributed by atoms with Crippen LogP contribution in [-0.2, 0) is 13.0 Å². The van der Waals surface area contributed by atoms with Gasteiger partial charge in [0.15, 0.2) is 5.78 Å². The van der Waals surface area contributed by atoms with Crippen LogP contribution in [0.2, 0.25) is 0 Å². The molecule has 1 aliphatic carbocycles. The normalized spacial score (nSPS) is 18.9. The standard InChI is InChI=1S/C37H52N6O2/c1-6-8-14-35(28(3)4)41-20-18-40(19-21-42(23-25-43(38)24-22-41)36(29(5)44)15-9-7-2)27-31-16-17-33-34(39-31)26-30-12-10-11-13-32(30)37(33)45/h6-7,10-13,16-17,35-36,44H,1-3,5,8-9,14-15,18-27,38H2,4H3. The Hall–Kier alpha value is -3.40. The molecule has 2 aliphatic rings. The maximum Gasteiger partial charge on any atom is 0.195 e. The van der Waals surface area contributed by atoms with E-state index in [1.165, 1.54) is 0 Å². The van der Waals surface area contributed by atoms with Crippen LogP contribution in [-0.4, -0.2) is 100 Å². The van der Waals surface area contributed by atoms with Crippen LogP contribution >= 0.6 is 0 Å². The van der Waals surface area contributed by atoms with Crippen molar-refractivity contribution in [3.63, 3.8) is 0 Å². The van der Waals surface area contributed by atoms with E-state index in [2.05, 4.69) is 47.9 Å². The number of aliphatic hydroxyl groups is 1. The summed E-state index contributed by atoms with van der Waals surface area (Å²) in [6.45, 7) is 25.0. The van der Waals surface area contributed by atoms with Crippen molar-refractivity contribution in [3.8, 4) is 0 Å². The number of aromatic nitrogens is 1. The number of nitrogens with zero attached hydrogens (tertiary/aromatic N) is 5. The summed E-state index contributed by atoms with van der Waals surface area (Å²) in [7, 11) is 0. The van der Waals surface area contributed by atoms with Gasteiger partial charge in [-0.2, -0.15) is 0 Å². The number of hydrogen-bond donors (Lipinski definition) is 2. The van der Waals surface area contributed by atoms with Gasteiger partial charge in [-0.25, -0.2) is 5.01 Å². The molecule has 1 aliphatic heterocycles. The van der Waals surface area contributed by atoms with Crippen molar-refractivity contribution in [2.45, 2.75) is 57.7 Å². The van der Waals surface area contributed by atoms with E-state index in [0.717, 1.165) is 93.0 Å². The lowest BCUT2D eigenvalue weighted by molar-refractivity contribution is 0.0933. The first-order valence-corrected chi connectivity index (χ1v) is 16.3. The topological polar surface area (TPSA) is 89.2 Å². The van der Waals surface area contributed by atoms with Crippen molar-refractivity contribution in [1.82, 2.24) is 24.7 Å². The number of hydrazine groups is 1. The number of ketones is 1. The Morgan fingerprint density at radius 1 is 0.889 bits per heavy atom. The van der Waals surface area contributed by atoms with Crippen molar-refractivity contribution in [3.05, 3.63) is 114 Å². The fourth-order valence-electron chi connectivity index (χ4n) is 6.56. The van der Waals surface area contributed by atoms with Gasteiger partial charge in [-0.3, -0.25) is 30.3 Å². The first-order valence-electron chi connectivity index (χ1n) is 16.3. The van der Waals surface area contributed by atoms with Crippen molar-refractivity contribution < 1.29 is 9.90 Å². The van der Waals surface area contributed by atoms with Crippen LogP contribution in [0.25, 0.3) is 0 Å². The number of pyridine rings is 1. The van der Waals surface area contributed by atoms with Crippen molar-refractivity contribution >= 4 is 5.78 Å². The molecule has 4 rings (SSSR count). The molecule has 0 amide bonds. The molecule has 1 saturated heterocycles. The Bertz CT molecular complexity index is 1310. The molecular weight excluding hydrogens is 560 g/mol. The molecule has 1 fully saturated rings. The van der Waals surface area contributed by atoms with Crippen LogP contribution in [0.3, 0.4) is 0 Å². The lowest BCUT2D eigenvalue weighted by atomic mass is 9.88. The molecule has 0 spiro atoms. The molecule has 2 atom stereocenters. The summed E-state index contributed by atoms with van der Waals surface area (Å²) in [4.78, 5) is 25.5. The van der Waals surface area contributed by atoms with Crippen LogP contribution < -0.4 is 5.84 Å². The molecule has 3 N–H and O–H groups in total. The number of fused-ring (bicyclic) bond motifs is 2. The fraction of sp³-hybridized carbons (Fsp3) is 0.459. The average molecular weight is 613 g/mol. The molecule has 0 saturated carbocycles. The number of allylic oxidation sites excluding steroid dienone is 2. The van der Waals surface area contributed by atoms with Gasteiger partial charge in [-0.05, 0) is 50.3 Å². The van der Waals surface area contributed by atoms with E-state index in [9.17, 15) is 9.90 Å². The van der Waals surface area contributed by atoms with E-state index in [1.807, 2.05) is 53.6 Å². The Balaban J connectivity index is 1.59. The Kier molecular flexibility index (Phi) is 12.9. The molecule has 1 aromatic heterocycles. The van der Waals surface area contributed by atoms with Gasteiger partial charge in [-0.1, -0.05) is 55.1 Å². The highest BCUT2D eigenvalue weighted by Crippen LogP contribution is 2.26. The minimum atomic E-state index is -0.169. The summed E-state index contributed by atoms with van der Waals surface area (Å²) in [5.74, 6) is 6.75. The van der Waals surface area contributed by atoms with E-state index in [0.29, 0.717) is 31.6 Å². The van der Waals surface area contributed by atoms with E-state index >= 15 is 0 Å². The predicted octanol–water partition coefficient (Wildman–Crippen LogP) is 5.13. The van der Waals surface area contributed by atoms with E-state index in [4.69, 9.17) is 10.8 Å². The zero-order valence-electron chi connectivity index (χ0n) is 27.2. The van der Waals surface area contributed by atoms with Gasteiger partial charge in [0.05, 0.1) is 17.4 Å². The molecule has 45 heavy (non-hydrogen) atoms. The smallest absolute Gasteiger partial charge is 0.195 e. The van der Waals surface area contributed by atoms with E-state index < -0.39 is 0 Å². The number of rotatable bonds is 12. The minimum Gasteiger partial charge on any atom is -0.511 e. The SMILES string of the molecule is C=CCCC(C(=C)C)N1CCN(N)CCN(C(CCC=C)C(=C)O)CCN(Cc2ccc3c(n2)Cc2ccccc2C3=O)CC1. The number of carbonyl (C=O) groups is 1. The second kappa shape index (κ2) is 16.8. The van der Waals surface area contributed by atoms with Crippen molar-refractivity contribution in [1.29, 1.82) is 0 Å². The summed E-state index contributed by atoms with van der Waals surface area (Å²) >= 11 is 0. The molecule has 2 aromatic rings. The Labute approximate surface area is 270 Å². The van der Waals surface area contributed by atoms with Gasteiger partial charge in [0, 0.05) is 82.5 Å². The van der Waals surface area contributed by atoms with E-state index in [-0.39, 0.29) is 23.6 Å². The highest BCUT2D eigenvalue weighted by molar-refractivity contribution is 6.12. The highest BCUT2D eigenvalue weighted by atomic mass is 16.3. The second-order valence-corrected chi connectivity index (χ2v) is 12.4. The molecule has 0 bridgehead atoms. The summed E-state index contributed by atoms with van der Waals surface area (Å²) in [6, 6.07) is 11.9. The van der Waals surface area contributed by atoms with Gasteiger partial charge < -0.3 is 5.11 Å². The second-order valence-electron chi connectivity index (χ2n) is 12.4. The molecule has 1 aromatic carbocycles. The van der Waals surface area contributed by atoms with E-state index in [1.54, 1.807) is 0 Å². The van der Waals surface area contributed by atoms with Crippen molar-refractivity contribution in [2.75, 3.05) is 52.4 Å². The van der Waals surface area contributed by atoms with Gasteiger partial charge in [0.25, 0.3) is 0 Å². The highest BCUT2D eigenvalue weighted by Gasteiger charge is 2.27. The third kappa shape index (κ3) is 9.31. The zero-order chi connectivity index (χ0) is 32.3. The molecule has 0 radical (unpaired) electrons. The molecular formula is C37H52N6O2. The number of nitrogens with two attached hydrogens (primary N) is 1. The Morgan fingerprint density at radius 3 is 2.11 bits per heavy atom. The lowest BCUT2D eigenvalue weighted by Gasteiger charge is -2.38. The minimum absolute atomic E-state index is 0.0533. The van der Waals surface area contributed by atoms with Gasteiger partial charge >= 0.3 is 0 Å². The van der Waals surface area contributed by atoms with Gasteiger partial charge in [0.2, 0.25) is 0 Å². The quantitative estimate of drug-likeness (QED) is 0.165. The summed E-state index contributed by atoms with van der Waals surface area (Å²) in [5, 5.41) is 12.5. The predicted molar refractivity (Wildman–Crippen MR) is 184 cm³/mol. The molecule has 242 valence electrons. The van der Waals surface area contributed by atoms with Crippen LogP contribution in [0.15, 0.2) is 86.2 Å². The average Bonchev–Trinajstić information content (AvgIpc) is 3.01. The molecule has 8 heteroatoms. The number of carbonyl (C=O) groups excluding carboxylic acids is 1. The number of hydrogen-bond acceptors (Lipinski definition) is 8. The monoisotopic (exact) mass is 612 g/mol. The summed E-state index contributed by atoms with van der Waals surface area (Å²) in [6.07, 6.45) is 7.97. The Morgan fingerprint density at radius 2 is 1.49 bits per heavy atom. The van der Waals surface area contributed by atoms with Crippen LogP contribution in [0.4, 0.5) is 0 Å². The van der Waals surface area contributed by atoms with Crippen LogP contribution in [0.5, 0.6) is 0 Å². The first-order chi connectivity index (χ1) is 21.7. The van der Waals surface area contributed by atoms with Gasteiger partial charge in [0.1, 0.15) is 5.76 Å². The van der Waals surface area contributed by atoms with Crippen LogP contribution in [0.1, 0.15) is 65.5 Å². The molecule has 2 unspecified atom stereocenters. The first kappa shape index (κ1) is 34.5. The lowest BCUT2D eigenvalue weighted by Crippen LogP contribution is -2.51. The summed E-state index contributed by atoms with van der Waals surface area (Å²) in [5.41, 5.74) is 5.47. The fourth-order valence-corrected chi connectivity index (χ4v) is 6.56. The third-order valence-corrected chi connectivity index (χ3v) is 9.16. The van der Waals surface area contributed by atoms with Crippen molar-refractivity contribution in [2.24, 2.45) is 5.84 Å². The maximum absolute atomic E-state index is 13.2. The third-order valence-electron chi connectivity index (χ3n) is 9.16. The zero-order valence-corrected chi connectivity index (χ0v) is 27.2. The largest absolute Gasteiger partial charge is 0.511 e.